The number of carbonyl (C=O) groups is 1. The number of carbonyl (C=O) groups excluding carboxylic acids is 1. The third-order valence-corrected chi connectivity index (χ3v) is 5.17. The molecular weight excluding hydrogens is 370 g/mol. The number of halogens is 1. The summed E-state index contributed by atoms with van der Waals surface area (Å²) in [5, 5.41) is 6.49. The molecule has 5 heteroatoms. The van der Waals surface area contributed by atoms with Gasteiger partial charge in [-0.25, -0.2) is 0 Å². The molecule has 2 aromatic carbocycles. The molecule has 1 aliphatic heterocycles. The van der Waals surface area contributed by atoms with Crippen LogP contribution in [0.25, 0.3) is 0 Å². The molecule has 4 nitrogen and oxygen atoms in total. The monoisotopic (exact) mass is 401 g/mol. The summed E-state index contributed by atoms with van der Waals surface area (Å²) in [6, 6.07) is 21.0. The van der Waals surface area contributed by atoms with Crippen molar-refractivity contribution in [2.24, 2.45) is 5.92 Å². The van der Waals surface area contributed by atoms with Gasteiger partial charge in [0.1, 0.15) is 0 Å². The molecule has 0 atom stereocenters. The highest BCUT2D eigenvalue weighted by Crippen LogP contribution is 2.18. The van der Waals surface area contributed by atoms with Crippen LogP contribution in [-0.4, -0.2) is 50.1 Å². The van der Waals surface area contributed by atoms with Crippen LogP contribution >= 0.6 is 12.4 Å². The highest BCUT2D eigenvalue weighted by molar-refractivity contribution is 5.85. The van der Waals surface area contributed by atoms with E-state index in [2.05, 4.69) is 64.1 Å². The number of hydrogen-bond acceptors (Lipinski definition) is 3. The lowest BCUT2D eigenvalue weighted by Crippen LogP contribution is -2.46. The van der Waals surface area contributed by atoms with Crippen LogP contribution < -0.4 is 10.6 Å². The van der Waals surface area contributed by atoms with Gasteiger partial charge in [0.2, 0.25) is 5.91 Å². The zero-order valence-electron chi connectivity index (χ0n) is 16.5. The van der Waals surface area contributed by atoms with Crippen molar-refractivity contribution < 1.29 is 4.79 Å². The molecule has 0 unspecified atom stereocenters. The van der Waals surface area contributed by atoms with Gasteiger partial charge >= 0.3 is 0 Å². The van der Waals surface area contributed by atoms with E-state index in [1.54, 1.807) is 0 Å². The van der Waals surface area contributed by atoms with Crippen LogP contribution in [0.1, 0.15) is 17.5 Å². The van der Waals surface area contributed by atoms with Crippen molar-refractivity contribution in [2.75, 3.05) is 39.3 Å². The van der Waals surface area contributed by atoms with Gasteiger partial charge in [-0.3, -0.25) is 9.69 Å². The molecule has 0 bridgehead atoms. The molecule has 1 heterocycles. The smallest absolute Gasteiger partial charge is 0.220 e. The van der Waals surface area contributed by atoms with Crippen molar-refractivity contribution in [1.82, 2.24) is 15.5 Å². The molecule has 0 saturated carbocycles. The Morgan fingerprint density at radius 1 is 0.929 bits per heavy atom. The van der Waals surface area contributed by atoms with E-state index in [0.717, 1.165) is 52.1 Å². The Bertz CT molecular complexity index is 633. The van der Waals surface area contributed by atoms with Crippen LogP contribution in [0.15, 0.2) is 60.7 Å². The number of piperazine rings is 1. The summed E-state index contributed by atoms with van der Waals surface area (Å²) in [5.41, 5.74) is 2.60. The predicted octanol–water partition coefficient (Wildman–Crippen LogP) is 2.92. The van der Waals surface area contributed by atoms with Gasteiger partial charge in [-0.05, 0) is 29.9 Å². The van der Waals surface area contributed by atoms with E-state index in [9.17, 15) is 4.79 Å². The van der Waals surface area contributed by atoms with E-state index in [1.165, 1.54) is 11.1 Å². The van der Waals surface area contributed by atoms with Gasteiger partial charge in [-0.15, -0.1) is 12.4 Å². The van der Waals surface area contributed by atoms with Gasteiger partial charge in [0.05, 0.1) is 0 Å². The van der Waals surface area contributed by atoms with Gasteiger partial charge in [0, 0.05) is 45.7 Å². The number of benzene rings is 2. The van der Waals surface area contributed by atoms with E-state index >= 15 is 0 Å². The van der Waals surface area contributed by atoms with E-state index in [-0.39, 0.29) is 18.3 Å². The summed E-state index contributed by atoms with van der Waals surface area (Å²) in [6.07, 6.45) is 2.44. The zero-order valence-corrected chi connectivity index (χ0v) is 17.3. The first-order valence-corrected chi connectivity index (χ1v) is 10.1. The number of nitrogens with zero attached hydrogens (tertiary/aromatic N) is 1. The molecule has 1 fully saturated rings. The van der Waals surface area contributed by atoms with Crippen molar-refractivity contribution in [3.63, 3.8) is 0 Å². The predicted molar refractivity (Wildman–Crippen MR) is 118 cm³/mol. The Hall–Kier alpha value is -1.88. The first kappa shape index (κ1) is 22.4. The molecule has 0 aromatic heterocycles. The number of amides is 1. The lowest BCUT2D eigenvalue weighted by atomic mass is 9.89. The highest BCUT2D eigenvalue weighted by Gasteiger charge is 2.16. The fraction of sp³-hybridized carbons (Fsp3) is 0.435. The van der Waals surface area contributed by atoms with E-state index < -0.39 is 0 Å². The summed E-state index contributed by atoms with van der Waals surface area (Å²) >= 11 is 0. The summed E-state index contributed by atoms with van der Waals surface area (Å²) in [4.78, 5) is 14.9. The summed E-state index contributed by atoms with van der Waals surface area (Å²) in [5.74, 6) is 0.482. The Balaban J connectivity index is 0.00000280. The zero-order chi connectivity index (χ0) is 18.7. The third-order valence-electron chi connectivity index (χ3n) is 5.17. The van der Waals surface area contributed by atoms with Crippen LogP contribution in [0.2, 0.25) is 0 Å². The summed E-state index contributed by atoms with van der Waals surface area (Å²) < 4.78 is 0. The van der Waals surface area contributed by atoms with E-state index in [1.807, 2.05) is 12.1 Å². The first-order chi connectivity index (χ1) is 13.3. The van der Waals surface area contributed by atoms with Gasteiger partial charge < -0.3 is 10.6 Å². The minimum Gasteiger partial charge on any atom is -0.355 e. The van der Waals surface area contributed by atoms with E-state index in [4.69, 9.17) is 0 Å². The van der Waals surface area contributed by atoms with Gasteiger partial charge in [0.15, 0.2) is 0 Å². The second-order valence-electron chi connectivity index (χ2n) is 7.39. The van der Waals surface area contributed by atoms with Crippen molar-refractivity contribution in [3.8, 4) is 0 Å². The van der Waals surface area contributed by atoms with Crippen molar-refractivity contribution >= 4 is 18.3 Å². The molecular formula is C23H32ClN3O. The van der Waals surface area contributed by atoms with Crippen LogP contribution in [0.5, 0.6) is 0 Å². The average Bonchev–Trinajstić information content (AvgIpc) is 2.70. The average molecular weight is 402 g/mol. The largest absolute Gasteiger partial charge is 0.355 e. The van der Waals surface area contributed by atoms with Gasteiger partial charge in [-0.2, -0.15) is 0 Å². The Morgan fingerprint density at radius 2 is 1.46 bits per heavy atom. The first-order valence-electron chi connectivity index (χ1n) is 10.1. The van der Waals surface area contributed by atoms with Gasteiger partial charge in [-0.1, -0.05) is 60.7 Å². The fourth-order valence-corrected chi connectivity index (χ4v) is 3.73. The minimum absolute atomic E-state index is 0. The molecule has 1 aliphatic rings. The molecule has 1 saturated heterocycles. The van der Waals surface area contributed by atoms with Crippen molar-refractivity contribution in [1.29, 1.82) is 0 Å². The summed E-state index contributed by atoms with van der Waals surface area (Å²) in [7, 11) is 0. The van der Waals surface area contributed by atoms with Crippen LogP contribution in [-0.2, 0) is 17.6 Å². The second kappa shape index (κ2) is 12.6. The number of rotatable bonds is 9. The minimum atomic E-state index is 0. The van der Waals surface area contributed by atoms with Crippen LogP contribution in [0.3, 0.4) is 0 Å². The molecule has 0 aliphatic carbocycles. The van der Waals surface area contributed by atoms with Crippen molar-refractivity contribution in [2.45, 2.75) is 19.3 Å². The molecule has 28 heavy (non-hydrogen) atoms. The standard InChI is InChI=1S/C23H31N3O.ClH/c27-23(25-13-16-26-14-11-24-12-15-26)19-22(17-20-7-3-1-4-8-20)18-21-9-5-2-6-10-21;/h1-10,22,24H,11-19H2,(H,25,27);1H. The second-order valence-corrected chi connectivity index (χ2v) is 7.39. The number of hydrogen-bond donors (Lipinski definition) is 2. The highest BCUT2D eigenvalue weighted by atomic mass is 35.5. The van der Waals surface area contributed by atoms with Crippen molar-refractivity contribution in [3.05, 3.63) is 71.8 Å². The molecule has 0 radical (unpaired) electrons. The third kappa shape index (κ3) is 8.01. The molecule has 0 spiro atoms. The maximum atomic E-state index is 12.5. The van der Waals surface area contributed by atoms with Crippen LogP contribution in [0.4, 0.5) is 0 Å². The SMILES string of the molecule is Cl.O=C(CC(Cc1ccccc1)Cc1ccccc1)NCCN1CCNCC1. The molecule has 2 aromatic rings. The Labute approximate surface area is 175 Å². The molecule has 1 amide bonds. The van der Waals surface area contributed by atoms with Crippen LogP contribution in [0, 0.1) is 5.92 Å². The topological polar surface area (TPSA) is 44.4 Å². The molecule has 2 N–H and O–H groups in total. The van der Waals surface area contributed by atoms with E-state index in [0.29, 0.717) is 12.3 Å². The summed E-state index contributed by atoms with van der Waals surface area (Å²) in [6.45, 7) is 5.91. The maximum absolute atomic E-state index is 12.5. The molecule has 152 valence electrons. The lowest BCUT2D eigenvalue weighted by molar-refractivity contribution is -0.122. The van der Waals surface area contributed by atoms with Gasteiger partial charge in [0.25, 0.3) is 0 Å². The number of nitrogens with one attached hydrogen (secondary N) is 2. The fourth-order valence-electron chi connectivity index (χ4n) is 3.73. The quantitative estimate of drug-likeness (QED) is 0.679. The maximum Gasteiger partial charge on any atom is 0.220 e. The molecule has 3 rings (SSSR count). The Kier molecular flexibility index (Phi) is 10.0. The normalized spacial score (nSPS) is 14.5. The Morgan fingerprint density at radius 3 is 2.00 bits per heavy atom. The lowest BCUT2D eigenvalue weighted by Gasteiger charge is -2.27.